The van der Waals surface area contributed by atoms with E-state index in [-0.39, 0.29) is 18.4 Å². The van der Waals surface area contributed by atoms with Crippen molar-refractivity contribution in [3.8, 4) is 0 Å². The van der Waals surface area contributed by atoms with E-state index in [1.54, 1.807) is 0 Å². The van der Waals surface area contributed by atoms with Crippen LogP contribution in [0, 0.1) is 0 Å². The van der Waals surface area contributed by atoms with Crippen LogP contribution in [-0.2, 0) is 11.2 Å². The standard InChI is InChI=1S/C19H15ClN4O3/c20-13-8-6-12(7-9-13)16-10-15(19-21-17(27-23-19)11-18(25)26)22-24(16)14-4-2-1-3-5-14/h1-9,16H,10-11H2,(H,25,26). The number of hydrogen-bond donors (Lipinski definition) is 1. The molecule has 2 aromatic carbocycles. The second-order valence-corrected chi connectivity index (χ2v) is 6.52. The zero-order valence-electron chi connectivity index (χ0n) is 14.1. The number of hydrogen-bond acceptors (Lipinski definition) is 6. The number of carboxylic acid groups (broad SMARTS) is 1. The summed E-state index contributed by atoms with van der Waals surface area (Å²) >= 11 is 6.02. The number of carboxylic acids is 1. The maximum absolute atomic E-state index is 10.8. The highest BCUT2D eigenvalue weighted by atomic mass is 35.5. The lowest BCUT2D eigenvalue weighted by molar-refractivity contribution is -0.136. The van der Waals surface area contributed by atoms with E-state index in [2.05, 4.69) is 15.2 Å². The maximum atomic E-state index is 10.8. The number of rotatable bonds is 5. The van der Waals surface area contributed by atoms with Crippen molar-refractivity contribution in [2.24, 2.45) is 5.10 Å². The molecule has 1 aliphatic rings. The van der Waals surface area contributed by atoms with Crippen molar-refractivity contribution in [1.82, 2.24) is 10.1 Å². The highest BCUT2D eigenvalue weighted by Crippen LogP contribution is 2.36. The summed E-state index contributed by atoms with van der Waals surface area (Å²) in [5.41, 5.74) is 2.62. The van der Waals surface area contributed by atoms with Crippen LogP contribution in [0.3, 0.4) is 0 Å². The van der Waals surface area contributed by atoms with Gasteiger partial charge in [-0.3, -0.25) is 9.80 Å². The fourth-order valence-corrected chi connectivity index (χ4v) is 3.11. The minimum Gasteiger partial charge on any atom is -0.481 e. The number of aliphatic carboxylic acids is 1. The minimum absolute atomic E-state index is 0.0545. The molecule has 0 fully saturated rings. The van der Waals surface area contributed by atoms with Gasteiger partial charge in [-0.25, -0.2) is 0 Å². The number of carbonyl (C=O) groups is 1. The number of nitrogens with zero attached hydrogens (tertiary/aromatic N) is 4. The van der Waals surface area contributed by atoms with E-state index in [9.17, 15) is 4.79 Å². The van der Waals surface area contributed by atoms with Crippen LogP contribution in [0.15, 0.2) is 64.2 Å². The maximum Gasteiger partial charge on any atom is 0.312 e. The Labute approximate surface area is 159 Å². The normalized spacial score (nSPS) is 16.4. The van der Waals surface area contributed by atoms with Crippen LogP contribution in [-0.4, -0.2) is 26.9 Å². The zero-order chi connectivity index (χ0) is 18.8. The van der Waals surface area contributed by atoms with Crippen LogP contribution in [0.4, 0.5) is 5.69 Å². The first-order valence-electron chi connectivity index (χ1n) is 8.32. The monoisotopic (exact) mass is 382 g/mol. The van der Waals surface area contributed by atoms with Gasteiger partial charge in [-0.15, -0.1) is 0 Å². The molecule has 0 radical (unpaired) electrons. The Morgan fingerprint density at radius 1 is 1.19 bits per heavy atom. The average Bonchev–Trinajstić information content (AvgIpc) is 3.30. The molecule has 7 nitrogen and oxygen atoms in total. The molecular formula is C19H15ClN4O3. The number of benzene rings is 2. The summed E-state index contributed by atoms with van der Waals surface area (Å²) in [5, 5.41) is 20.0. The van der Waals surface area contributed by atoms with Crippen LogP contribution >= 0.6 is 11.6 Å². The molecule has 4 rings (SSSR count). The number of anilines is 1. The Morgan fingerprint density at radius 3 is 2.63 bits per heavy atom. The molecule has 0 bridgehead atoms. The van der Waals surface area contributed by atoms with Crippen molar-refractivity contribution in [2.45, 2.75) is 18.9 Å². The molecule has 1 aliphatic heterocycles. The highest BCUT2D eigenvalue weighted by molar-refractivity contribution is 6.30. The van der Waals surface area contributed by atoms with Gasteiger partial charge in [0.15, 0.2) is 0 Å². The molecule has 8 heteroatoms. The molecule has 3 aromatic rings. The van der Waals surface area contributed by atoms with Gasteiger partial charge in [-0.2, -0.15) is 10.1 Å². The molecule has 1 N–H and O–H groups in total. The lowest BCUT2D eigenvalue weighted by atomic mass is 10.0. The molecule has 0 aliphatic carbocycles. The molecule has 0 saturated heterocycles. The van der Waals surface area contributed by atoms with Gasteiger partial charge < -0.3 is 9.63 Å². The van der Waals surface area contributed by atoms with Gasteiger partial charge in [-0.05, 0) is 29.8 Å². The topological polar surface area (TPSA) is 91.8 Å². The Balaban J connectivity index is 1.68. The Kier molecular flexibility index (Phi) is 4.60. The fourth-order valence-electron chi connectivity index (χ4n) is 2.98. The molecular weight excluding hydrogens is 368 g/mol. The van der Waals surface area contributed by atoms with Crippen molar-refractivity contribution < 1.29 is 14.4 Å². The molecule has 1 aromatic heterocycles. The van der Waals surface area contributed by atoms with E-state index in [1.165, 1.54) is 0 Å². The number of para-hydroxylation sites is 1. The molecule has 136 valence electrons. The highest BCUT2D eigenvalue weighted by Gasteiger charge is 2.32. The van der Waals surface area contributed by atoms with E-state index >= 15 is 0 Å². The third kappa shape index (κ3) is 3.68. The molecule has 1 atom stereocenters. The Hall–Kier alpha value is -3.19. The van der Waals surface area contributed by atoms with E-state index < -0.39 is 5.97 Å². The van der Waals surface area contributed by atoms with Crippen LogP contribution in [0.1, 0.15) is 29.7 Å². The zero-order valence-corrected chi connectivity index (χ0v) is 14.9. The SMILES string of the molecule is O=C(O)Cc1nc(C2=NN(c3ccccc3)C(c3ccc(Cl)cc3)C2)no1. The van der Waals surface area contributed by atoms with Crippen LogP contribution < -0.4 is 5.01 Å². The van der Waals surface area contributed by atoms with Crippen molar-refractivity contribution in [1.29, 1.82) is 0 Å². The van der Waals surface area contributed by atoms with Gasteiger partial charge in [-0.1, -0.05) is 47.1 Å². The van der Waals surface area contributed by atoms with Crippen LogP contribution in [0.25, 0.3) is 0 Å². The van der Waals surface area contributed by atoms with Crippen LogP contribution in [0.2, 0.25) is 5.02 Å². The lowest BCUT2D eigenvalue weighted by Crippen LogP contribution is -2.18. The first-order valence-corrected chi connectivity index (χ1v) is 8.70. The summed E-state index contributed by atoms with van der Waals surface area (Å²) in [6, 6.07) is 17.3. The quantitative estimate of drug-likeness (QED) is 0.723. The summed E-state index contributed by atoms with van der Waals surface area (Å²) in [7, 11) is 0. The predicted molar refractivity (Wildman–Crippen MR) is 99.9 cm³/mol. The van der Waals surface area contributed by atoms with E-state index in [0.29, 0.717) is 23.0 Å². The largest absolute Gasteiger partial charge is 0.481 e. The molecule has 1 unspecified atom stereocenters. The first-order chi connectivity index (χ1) is 13.1. The lowest BCUT2D eigenvalue weighted by Gasteiger charge is -2.24. The van der Waals surface area contributed by atoms with Crippen molar-refractivity contribution in [3.05, 3.63) is 76.9 Å². The van der Waals surface area contributed by atoms with Gasteiger partial charge in [0, 0.05) is 11.4 Å². The molecule has 27 heavy (non-hydrogen) atoms. The Bertz CT molecular complexity index is 986. The summed E-state index contributed by atoms with van der Waals surface area (Å²) in [5.74, 6) is -0.659. The Morgan fingerprint density at radius 2 is 1.93 bits per heavy atom. The molecule has 0 spiro atoms. The number of aromatic nitrogens is 2. The van der Waals surface area contributed by atoms with Crippen LogP contribution in [0.5, 0.6) is 0 Å². The average molecular weight is 383 g/mol. The summed E-state index contributed by atoms with van der Waals surface area (Å²) in [6.45, 7) is 0. The second kappa shape index (κ2) is 7.20. The van der Waals surface area contributed by atoms with Crippen molar-refractivity contribution in [3.63, 3.8) is 0 Å². The van der Waals surface area contributed by atoms with Gasteiger partial charge >= 0.3 is 5.97 Å². The predicted octanol–water partition coefficient (Wildman–Crippen LogP) is 3.71. The van der Waals surface area contributed by atoms with E-state index in [1.807, 2.05) is 59.6 Å². The molecule has 2 heterocycles. The van der Waals surface area contributed by atoms with Gasteiger partial charge in [0.2, 0.25) is 11.7 Å². The van der Waals surface area contributed by atoms with Crippen molar-refractivity contribution in [2.75, 3.05) is 5.01 Å². The van der Waals surface area contributed by atoms with E-state index in [4.69, 9.17) is 21.2 Å². The molecule has 0 saturated carbocycles. The van der Waals surface area contributed by atoms with E-state index in [0.717, 1.165) is 11.3 Å². The van der Waals surface area contributed by atoms with Gasteiger partial charge in [0.25, 0.3) is 0 Å². The summed E-state index contributed by atoms with van der Waals surface area (Å²) in [6.07, 6.45) is 0.242. The summed E-state index contributed by atoms with van der Waals surface area (Å²) in [4.78, 5) is 15.0. The number of hydrazone groups is 1. The number of halogens is 1. The third-order valence-electron chi connectivity index (χ3n) is 4.21. The second-order valence-electron chi connectivity index (χ2n) is 6.08. The van der Waals surface area contributed by atoms with Gasteiger partial charge in [0.1, 0.15) is 12.1 Å². The summed E-state index contributed by atoms with van der Waals surface area (Å²) < 4.78 is 5.03. The minimum atomic E-state index is -1.02. The fraction of sp³-hybridized carbons (Fsp3) is 0.158. The molecule has 0 amide bonds. The van der Waals surface area contributed by atoms with Crippen molar-refractivity contribution >= 4 is 29.0 Å². The first kappa shape index (κ1) is 17.2. The third-order valence-corrected chi connectivity index (χ3v) is 4.47. The van der Waals surface area contributed by atoms with Gasteiger partial charge in [0.05, 0.1) is 11.7 Å². The smallest absolute Gasteiger partial charge is 0.312 e.